The fourth-order valence-electron chi connectivity index (χ4n) is 6.76. The van der Waals surface area contributed by atoms with Crippen molar-refractivity contribution >= 4 is 0 Å². The Bertz CT molecular complexity index is 971. The van der Waals surface area contributed by atoms with Crippen LogP contribution in [0.5, 0.6) is 17.2 Å². The maximum absolute atomic E-state index is 10.9. The van der Waals surface area contributed by atoms with Crippen molar-refractivity contribution in [3.63, 3.8) is 0 Å². The fourth-order valence-corrected chi connectivity index (χ4v) is 6.76. The van der Waals surface area contributed by atoms with Gasteiger partial charge in [0.05, 0.1) is 0 Å². The first kappa shape index (κ1) is 19.8. The number of benzene rings is 2. The molecule has 0 radical (unpaired) electrons. The van der Waals surface area contributed by atoms with Gasteiger partial charge in [0.1, 0.15) is 23.4 Å². The predicted molar refractivity (Wildman–Crippen MR) is 120 cm³/mol. The average Bonchev–Trinajstić information content (AvgIpc) is 2.76. The van der Waals surface area contributed by atoms with Crippen LogP contribution in [0.2, 0.25) is 0 Å². The van der Waals surface area contributed by atoms with Crippen molar-refractivity contribution < 1.29 is 14.9 Å². The first-order valence-corrected chi connectivity index (χ1v) is 11.7. The summed E-state index contributed by atoms with van der Waals surface area (Å²) in [5.41, 5.74) is 5.72. The average molecular weight is 407 g/mol. The molecule has 2 N–H and O–H groups in total. The second kappa shape index (κ2) is 7.21. The highest BCUT2D eigenvalue weighted by atomic mass is 16.5. The van der Waals surface area contributed by atoms with Gasteiger partial charge < -0.3 is 14.9 Å². The first-order valence-electron chi connectivity index (χ1n) is 11.7. The lowest BCUT2D eigenvalue weighted by molar-refractivity contribution is -0.0160. The third kappa shape index (κ3) is 2.77. The van der Waals surface area contributed by atoms with Crippen LogP contribution < -0.4 is 4.74 Å². The molecule has 3 unspecified atom stereocenters. The van der Waals surface area contributed by atoms with Gasteiger partial charge >= 0.3 is 0 Å². The number of fused-ring (bicyclic) bond motifs is 4. The molecule has 3 aliphatic rings. The highest BCUT2D eigenvalue weighted by Gasteiger charge is 2.54. The topological polar surface area (TPSA) is 49.7 Å². The van der Waals surface area contributed by atoms with Crippen LogP contribution in [0, 0.1) is 26.7 Å². The third-order valence-electron chi connectivity index (χ3n) is 8.58. The molecular weight excluding hydrogens is 372 g/mol. The number of hydrogen-bond acceptors (Lipinski definition) is 3. The summed E-state index contributed by atoms with van der Waals surface area (Å²) < 4.78 is 6.89. The number of hydrogen-bond donors (Lipinski definition) is 2. The van der Waals surface area contributed by atoms with Gasteiger partial charge in [-0.15, -0.1) is 0 Å². The summed E-state index contributed by atoms with van der Waals surface area (Å²) in [6.07, 6.45) is 9.90. The van der Waals surface area contributed by atoms with E-state index in [2.05, 4.69) is 26.0 Å². The zero-order valence-electron chi connectivity index (χ0n) is 18.5. The van der Waals surface area contributed by atoms with Gasteiger partial charge in [-0.3, -0.25) is 0 Å². The summed E-state index contributed by atoms with van der Waals surface area (Å²) >= 11 is 0. The smallest absolute Gasteiger partial charge is 0.126 e. The molecule has 5 rings (SSSR count). The normalized spacial score (nSPS) is 27.2. The van der Waals surface area contributed by atoms with Gasteiger partial charge in [-0.05, 0) is 63.6 Å². The molecule has 0 saturated heterocycles. The monoisotopic (exact) mass is 406 g/mol. The summed E-state index contributed by atoms with van der Waals surface area (Å²) in [7, 11) is 0. The highest BCUT2D eigenvalue weighted by molar-refractivity contribution is 5.53. The van der Waals surface area contributed by atoms with Gasteiger partial charge in [-0.1, -0.05) is 43.9 Å². The molecule has 160 valence electrons. The van der Waals surface area contributed by atoms with Crippen LogP contribution in [-0.4, -0.2) is 16.3 Å². The Morgan fingerprint density at radius 3 is 2.40 bits per heavy atom. The van der Waals surface area contributed by atoms with Crippen molar-refractivity contribution in [1.29, 1.82) is 0 Å². The second-order valence-electron chi connectivity index (χ2n) is 9.97. The van der Waals surface area contributed by atoms with Gasteiger partial charge in [0.2, 0.25) is 0 Å². The van der Waals surface area contributed by atoms with Crippen LogP contribution in [0.3, 0.4) is 0 Å². The van der Waals surface area contributed by atoms with E-state index in [1.54, 1.807) is 13.0 Å². The fraction of sp³-hybridized carbons (Fsp3) is 0.556. The van der Waals surface area contributed by atoms with Gasteiger partial charge in [-0.25, -0.2) is 0 Å². The number of aromatic hydroxyl groups is 2. The number of ether oxygens (including phenoxy) is 1. The van der Waals surface area contributed by atoms with Crippen LogP contribution in [0.4, 0.5) is 0 Å². The lowest BCUT2D eigenvalue weighted by atomic mass is 9.54. The minimum atomic E-state index is 0.0830. The number of phenols is 2. The van der Waals surface area contributed by atoms with E-state index in [-0.39, 0.29) is 28.9 Å². The van der Waals surface area contributed by atoms with Gasteiger partial charge in [0.15, 0.2) is 0 Å². The minimum absolute atomic E-state index is 0.0830. The maximum atomic E-state index is 10.9. The Kier molecular flexibility index (Phi) is 4.76. The van der Waals surface area contributed by atoms with Gasteiger partial charge in [-0.2, -0.15) is 0 Å². The zero-order chi connectivity index (χ0) is 21.0. The summed E-state index contributed by atoms with van der Waals surface area (Å²) in [5.74, 6) is 2.16. The van der Waals surface area contributed by atoms with E-state index in [0.29, 0.717) is 11.5 Å². The first-order chi connectivity index (χ1) is 14.4. The molecule has 3 nitrogen and oxygen atoms in total. The van der Waals surface area contributed by atoms with Crippen molar-refractivity contribution in [1.82, 2.24) is 0 Å². The number of phenolic OH excluding ortho intramolecular Hbond substituents is 2. The Balaban J connectivity index is 1.66. The molecular formula is C27H34O3. The second-order valence-corrected chi connectivity index (χ2v) is 9.97. The summed E-state index contributed by atoms with van der Waals surface area (Å²) in [6.45, 7) is 6.17. The molecule has 3 atom stereocenters. The molecule has 30 heavy (non-hydrogen) atoms. The molecule has 0 amide bonds. The SMILES string of the molecule is Cc1ccc2c(c1C)OC1C(c3ccc(O)c(C)c3O)CCCC1C21CCCCC1. The van der Waals surface area contributed by atoms with Crippen LogP contribution in [-0.2, 0) is 5.41 Å². The van der Waals surface area contributed by atoms with E-state index in [4.69, 9.17) is 4.74 Å². The van der Waals surface area contributed by atoms with Gasteiger partial charge in [0, 0.05) is 33.9 Å². The van der Waals surface area contributed by atoms with E-state index >= 15 is 0 Å². The maximum Gasteiger partial charge on any atom is 0.126 e. The van der Waals surface area contributed by atoms with Crippen molar-refractivity contribution in [2.45, 2.75) is 89.6 Å². The Morgan fingerprint density at radius 1 is 0.867 bits per heavy atom. The standard InChI is InChI=1S/C27H34O3/c1-16-10-12-22-25(17(16)2)30-26-20(19-11-13-23(28)18(3)24(19)29)8-7-9-21(26)27(22)14-5-4-6-15-27/h10-13,20-21,26,28-29H,4-9,14-15H2,1-3H3. The van der Waals surface area contributed by atoms with E-state index in [1.165, 1.54) is 55.2 Å². The van der Waals surface area contributed by atoms with Crippen LogP contribution >= 0.6 is 0 Å². The molecule has 2 aromatic carbocycles. The summed E-state index contributed by atoms with van der Waals surface area (Å²) in [4.78, 5) is 0. The lowest BCUT2D eigenvalue weighted by Crippen LogP contribution is -2.53. The predicted octanol–water partition coefficient (Wildman–Crippen LogP) is 6.57. The van der Waals surface area contributed by atoms with Crippen LogP contribution in [0.15, 0.2) is 24.3 Å². The molecule has 2 aromatic rings. The third-order valence-corrected chi connectivity index (χ3v) is 8.58. The molecule has 1 heterocycles. The molecule has 2 fully saturated rings. The Labute approximate surface area is 180 Å². The van der Waals surface area contributed by atoms with Gasteiger partial charge in [0.25, 0.3) is 0 Å². The number of aryl methyl sites for hydroxylation is 1. The quantitative estimate of drug-likeness (QED) is 0.563. The van der Waals surface area contributed by atoms with E-state index in [0.717, 1.165) is 24.2 Å². The minimum Gasteiger partial charge on any atom is -0.508 e. The van der Waals surface area contributed by atoms with Crippen molar-refractivity contribution in [3.05, 3.63) is 52.1 Å². The molecule has 0 bridgehead atoms. The molecule has 2 aliphatic carbocycles. The van der Waals surface area contributed by atoms with Crippen molar-refractivity contribution in [2.75, 3.05) is 0 Å². The molecule has 2 saturated carbocycles. The summed E-state index contributed by atoms with van der Waals surface area (Å²) in [6, 6.07) is 8.28. The molecule has 1 aliphatic heterocycles. The largest absolute Gasteiger partial charge is 0.508 e. The van der Waals surface area contributed by atoms with E-state index in [9.17, 15) is 10.2 Å². The van der Waals surface area contributed by atoms with Crippen LogP contribution in [0.25, 0.3) is 0 Å². The Hall–Kier alpha value is -2.16. The zero-order valence-corrected chi connectivity index (χ0v) is 18.5. The van der Waals surface area contributed by atoms with Crippen molar-refractivity contribution in [2.24, 2.45) is 5.92 Å². The van der Waals surface area contributed by atoms with Crippen LogP contribution in [0.1, 0.15) is 85.1 Å². The molecule has 3 heteroatoms. The molecule has 0 aromatic heterocycles. The van der Waals surface area contributed by atoms with E-state index < -0.39 is 0 Å². The van der Waals surface area contributed by atoms with E-state index in [1.807, 2.05) is 6.07 Å². The van der Waals surface area contributed by atoms with Crippen molar-refractivity contribution in [3.8, 4) is 17.2 Å². The number of rotatable bonds is 1. The summed E-state index contributed by atoms with van der Waals surface area (Å²) in [5, 5.41) is 21.0. The highest BCUT2D eigenvalue weighted by Crippen LogP contribution is 2.59. The Morgan fingerprint density at radius 2 is 1.63 bits per heavy atom. The molecule has 1 spiro atoms. The lowest BCUT2D eigenvalue weighted by Gasteiger charge is -2.55.